The maximum absolute atomic E-state index is 12.1. The lowest BCUT2D eigenvalue weighted by molar-refractivity contribution is 0.0848. The minimum atomic E-state index is -3.93. The van der Waals surface area contributed by atoms with Crippen LogP contribution in [0.3, 0.4) is 0 Å². The molecule has 0 fully saturated rings. The van der Waals surface area contributed by atoms with Crippen LogP contribution in [0.2, 0.25) is 0 Å². The zero-order valence-corrected chi connectivity index (χ0v) is 15.7. The van der Waals surface area contributed by atoms with E-state index in [4.69, 9.17) is 5.14 Å². The van der Waals surface area contributed by atoms with Crippen molar-refractivity contribution in [3.05, 3.63) is 50.7 Å². The number of amides is 2. The van der Waals surface area contributed by atoms with Gasteiger partial charge in [0.05, 0.1) is 9.77 Å². The van der Waals surface area contributed by atoms with Gasteiger partial charge in [-0.1, -0.05) is 13.0 Å². The molecule has 2 amide bonds. The van der Waals surface area contributed by atoms with E-state index in [1.807, 2.05) is 13.8 Å². The molecule has 0 bridgehead atoms. The molecule has 1 heterocycles. The molecule has 134 valence electrons. The molecule has 0 unspecified atom stereocenters. The quantitative estimate of drug-likeness (QED) is 0.698. The van der Waals surface area contributed by atoms with Crippen molar-refractivity contribution in [3.63, 3.8) is 0 Å². The Bertz CT molecular complexity index is 933. The number of nitrogens with one attached hydrogen (secondary N) is 2. The van der Waals surface area contributed by atoms with Crippen molar-refractivity contribution in [3.8, 4) is 0 Å². The molecular formula is C16H19N3O4S2. The smallest absolute Gasteiger partial charge is 0.267 e. The molecule has 0 aliphatic rings. The van der Waals surface area contributed by atoms with Gasteiger partial charge in [-0.3, -0.25) is 20.4 Å². The largest absolute Gasteiger partial charge is 0.279 e. The topological polar surface area (TPSA) is 118 Å². The number of sulfonamides is 1. The maximum Gasteiger partial charge on any atom is 0.279 e. The van der Waals surface area contributed by atoms with Gasteiger partial charge in [0.1, 0.15) is 0 Å². The zero-order chi connectivity index (χ0) is 18.8. The summed E-state index contributed by atoms with van der Waals surface area (Å²) in [5.41, 5.74) is 6.14. The van der Waals surface area contributed by atoms with E-state index in [9.17, 15) is 18.0 Å². The predicted molar refractivity (Wildman–Crippen MR) is 95.9 cm³/mol. The molecule has 0 aliphatic heterocycles. The molecule has 0 saturated carbocycles. The van der Waals surface area contributed by atoms with Crippen LogP contribution >= 0.6 is 11.3 Å². The third-order valence-electron chi connectivity index (χ3n) is 3.61. The lowest BCUT2D eigenvalue weighted by Gasteiger charge is -2.09. The highest BCUT2D eigenvalue weighted by molar-refractivity contribution is 7.89. The van der Waals surface area contributed by atoms with Crippen molar-refractivity contribution < 1.29 is 18.0 Å². The molecule has 2 rings (SSSR count). The van der Waals surface area contributed by atoms with Crippen LogP contribution in [0.25, 0.3) is 0 Å². The third-order valence-corrected chi connectivity index (χ3v) is 6.04. The lowest BCUT2D eigenvalue weighted by atomic mass is 10.1. The average molecular weight is 381 g/mol. The van der Waals surface area contributed by atoms with Gasteiger partial charge in [-0.05, 0) is 49.6 Å². The van der Waals surface area contributed by atoms with Crippen LogP contribution < -0.4 is 16.0 Å². The van der Waals surface area contributed by atoms with E-state index < -0.39 is 21.8 Å². The summed E-state index contributed by atoms with van der Waals surface area (Å²) in [6.07, 6.45) is 0.829. The summed E-state index contributed by atoms with van der Waals surface area (Å²) in [5, 5.41) is 5.13. The van der Waals surface area contributed by atoms with Crippen molar-refractivity contribution in [1.29, 1.82) is 0 Å². The molecule has 0 aliphatic carbocycles. The lowest BCUT2D eigenvalue weighted by Crippen LogP contribution is -2.41. The maximum atomic E-state index is 12.1. The number of nitrogens with two attached hydrogens (primary N) is 1. The second-order valence-corrected chi connectivity index (χ2v) is 8.17. The molecule has 9 heteroatoms. The molecule has 0 saturated heterocycles. The Morgan fingerprint density at radius 1 is 1.08 bits per heavy atom. The third kappa shape index (κ3) is 4.44. The van der Waals surface area contributed by atoms with Crippen LogP contribution in [0.4, 0.5) is 0 Å². The van der Waals surface area contributed by atoms with Gasteiger partial charge in [0.25, 0.3) is 11.8 Å². The van der Waals surface area contributed by atoms with E-state index in [1.165, 1.54) is 29.5 Å². The van der Waals surface area contributed by atoms with Crippen molar-refractivity contribution in [2.45, 2.75) is 32.1 Å². The first-order valence-corrected chi connectivity index (χ1v) is 9.83. The number of aryl methyl sites for hydroxylation is 3. The fraction of sp³-hybridized carbons (Fsp3) is 0.250. The normalized spacial score (nSPS) is 11.2. The Balaban J connectivity index is 2.11. The molecule has 1 aromatic carbocycles. The molecule has 1 aromatic heterocycles. The highest BCUT2D eigenvalue weighted by Crippen LogP contribution is 2.22. The minimum absolute atomic E-state index is 0.0755. The molecule has 4 N–H and O–H groups in total. The molecule has 0 atom stereocenters. The van der Waals surface area contributed by atoms with E-state index in [2.05, 4.69) is 10.9 Å². The first-order chi connectivity index (χ1) is 11.6. The molecule has 2 aromatic rings. The molecule has 7 nitrogen and oxygen atoms in total. The Labute approximate surface area is 150 Å². The van der Waals surface area contributed by atoms with E-state index in [1.54, 1.807) is 13.0 Å². The monoisotopic (exact) mass is 381 g/mol. The predicted octanol–water partition coefficient (Wildman–Crippen LogP) is 1.65. The Kier molecular flexibility index (Phi) is 5.61. The summed E-state index contributed by atoms with van der Waals surface area (Å²) in [6.45, 7) is 5.50. The molecular weight excluding hydrogens is 362 g/mol. The van der Waals surface area contributed by atoms with E-state index in [-0.39, 0.29) is 10.5 Å². The number of carbonyl (C=O) groups excluding carboxylic acids is 2. The highest BCUT2D eigenvalue weighted by atomic mass is 32.2. The van der Waals surface area contributed by atoms with Gasteiger partial charge in [-0.25, -0.2) is 13.6 Å². The second kappa shape index (κ2) is 7.34. The summed E-state index contributed by atoms with van der Waals surface area (Å²) >= 11 is 1.36. The van der Waals surface area contributed by atoms with E-state index >= 15 is 0 Å². The summed E-state index contributed by atoms with van der Waals surface area (Å²) in [5.74, 6) is -1.07. The Morgan fingerprint density at radius 2 is 1.72 bits per heavy atom. The van der Waals surface area contributed by atoms with Crippen LogP contribution in [0.5, 0.6) is 0 Å². The number of benzene rings is 1. The highest BCUT2D eigenvalue weighted by Gasteiger charge is 2.16. The fourth-order valence-electron chi connectivity index (χ4n) is 2.28. The van der Waals surface area contributed by atoms with Gasteiger partial charge in [0.15, 0.2) is 0 Å². The number of hydrogen-bond donors (Lipinski definition) is 3. The minimum Gasteiger partial charge on any atom is -0.267 e. The van der Waals surface area contributed by atoms with E-state index in [0.717, 1.165) is 16.9 Å². The average Bonchev–Trinajstić information content (AvgIpc) is 2.92. The van der Waals surface area contributed by atoms with Crippen LogP contribution in [0, 0.1) is 13.8 Å². The second-order valence-electron chi connectivity index (χ2n) is 5.50. The molecule has 0 spiro atoms. The van der Waals surface area contributed by atoms with Crippen LogP contribution in [0.1, 0.15) is 43.0 Å². The van der Waals surface area contributed by atoms with Gasteiger partial charge in [0, 0.05) is 10.4 Å². The summed E-state index contributed by atoms with van der Waals surface area (Å²) in [4.78, 5) is 25.7. The van der Waals surface area contributed by atoms with Crippen molar-refractivity contribution in [2.24, 2.45) is 5.14 Å². The summed E-state index contributed by atoms with van der Waals surface area (Å²) < 4.78 is 23.0. The standard InChI is InChI=1S/C16H19N3O4S2/c1-4-12-10(3)7-13(24-12)16(21)19-18-15(20)11-6-5-9(2)14(8-11)25(17,22)23/h5-8H,4H2,1-3H3,(H,18,20)(H,19,21)(H2,17,22,23). The number of rotatable bonds is 4. The number of hydrazine groups is 1. The van der Waals surface area contributed by atoms with Gasteiger partial charge in [-0.15, -0.1) is 11.3 Å². The Morgan fingerprint density at radius 3 is 2.28 bits per heavy atom. The van der Waals surface area contributed by atoms with Gasteiger partial charge in [-0.2, -0.15) is 0 Å². The van der Waals surface area contributed by atoms with E-state index in [0.29, 0.717) is 10.4 Å². The number of hydrogen-bond acceptors (Lipinski definition) is 5. The van der Waals surface area contributed by atoms with Crippen molar-refractivity contribution in [1.82, 2.24) is 10.9 Å². The Hall–Kier alpha value is -2.23. The number of thiophene rings is 1. The zero-order valence-electron chi connectivity index (χ0n) is 14.0. The SMILES string of the molecule is CCc1sc(C(=O)NNC(=O)c2ccc(C)c(S(N)(=O)=O)c2)cc1C. The molecule has 0 radical (unpaired) electrons. The first kappa shape index (κ1) is 19.1. The summed E-state index contributed by atoms with van der Waals surface area (Å²) in [7, 11) is -3.93. The first-order valence-electron chi connectivity index (χ1n) is 7.47. The van der Waals surface area contributed by atoms with Crippen molar-refractivity contribution >= 4 is 33.2 Å². The van der Waals surface area contributed by atoms with Gasteiger partial charge >= 0.3 is 0 Å². The molecule has 25 heavy (non-hydrogen) atoms. The van der Waals surface area contributed by atoms with Crippen LogP contribution in [-0.2, 0) is 16.4 Å². The van der Waals surface area contributed by atoms with Gasteiger partial charge < -0.3 is 0 Å². The van der Waals surface area contributed by atoms with Crippen LogP contribution in [0.15, 0.2) is 29.2 Å². The number of carbonyl (C=O) groups is 2. The van der Waals surface area contributed by atoms with Gasteiger partial charge in [0.2, 0.25) is 10.0 Å². The van der Waals surface area contributed by atoms with Crippen LogP contribution in [-0.4, -0.2) is 20.2 Å². The summed E-state index contributed by atoms with van der Waals surface area (Å²) in [6, 6.07) is 5.87. The van der Waals surface area contributed by atoms with Crippen molar-refractivity contribution in [2.75, 3.05) is 0 Å². The number of primary sulfonamides is 1. The fourth-order valence-corrected chi connectivity index (χ4v) is 4.10.